The summed E-state index contributed by atoms with van der Waals surface area (Å²) in [6.07, 6.45) is 5.76. The molecule has 1 aromatic carbocycles. The van der Waals surface area contributed by atoms with E-state index in [0.29, 0.717) is 11.3 Å². The molecule has 2 aromatic rings. The Balaban J connectivity index is 2.33. The van der Waals surface area contributed by atoms with Crippen molar-refractivity contribution in [2.24, 2.45) is 0 Å². The van der Waals surface area contributed by atoms with Gasteiger partial charge in [0.15, 0.2) is 0 Å². The average Bonchev–Trinajstić information content (AvgIpc) is 2.98. The van der Waals surface area contributed by atoms with Crippen LogP contribution in [0.15, 0.2) is 46.7 Å². The fourth-order valence-corrected chi connectivity index (χ4v) is 5.08. The first-order valence-electron chi connectivity index (χ1n) is 5.71. The monoisotopic (exact) mass is 289 g/mol. The number of terminal acetylenes is 1. The maximum atomic E-state index is 12.3. The Morgan fingerprint density at radius 1 is 1.26 bits per heavy atom. The van der Waals surface area contributed by atoms with E-state index in [1.807, 2.05) is 29.6 Å². The van der Waals surface area contributed by atoms with E-state index in [0.717, 1.165) is 10.4 Å². The van der Waals surface area contributed by atoms with E-state index < -0.39 is 15.6 Å². The second kappa shape index (κ2) is 4.20. The Kier molecular flexibility index (Phi) is 2.75. The number of fused-ring (bicyclic) bond motifs is 1. The lowest BCUT2D eigenvalue weighted by molar-refractivity contribution is 0.505. The molecule has 0 bridgehead atoms. The van der Waals surface area contributed by atoms with Gasteiger partial charge in [-0.05, 0) is 23.1 Å². The summed E-state index contributed by atoms with van der Waals surface area (Å²) in [6.45, 7) is 0. The van der Waals surface area contributed by atoms with Crippen LogP contribution in [0.25, 0.3) is 0 Å². The van der Waals surface area contributed by atoms with Crippen molar-refractivity contribution in [3.8, 4) is 12.3 Å². The Morgan fingerprint density at radius 2 is 2.05 bits per heavy atom. The average molecular weight is 289 g/mol. The smallest absolute Gasteiger partial charge is 0.207 e. The zero-order chi connectivity index (χ0) is 13.5. The first-order chi connectivity index (χ1) is 9.10. The van der Waals surface area contributed by atoms with Gasteiger partial charge in [-0.3, -0.25) is 0 Å². The molecule has 96 valence electrons. The van der Waals surface area contributed by atoms with Crippen LogP contribution in [0.5, 0.6) is 0 Å². The van der Waals surface area contributed by atoms with Crippen LogP contribution >= 0.6 is 11.3 Å². The van der Waals surface area contributed by atoms with E-state index in [1.54, 1.807) is 12.1 Å². The van der Waals surface area contributed by atoms with Gasteiger partial charge in [0.25, 0.3) is 0 Å². The molecular formula is C14H11NO2S2. The van der Waals surface area contributed by atoms with Crippen molar-refractivity contribution in [3.05, 3.63) is 52.2 Å². The molecule has 2 heterocycles. The highest BCUT2D eigenvalue weighted by atomic mass is 32.2. The van der Waals surface area contributed by atoms with E-state index in [-0.39, 0.29) is 0 Å². The zero-order valence-corrected chi connectivity index (χ0v) is 11.6. The van der Waals surface area contributed by atoms with Crippen LogP contribution < -0.4 is 4.72 Å². The fourth-order valence-electron chi connectivity index (χ4n) is 2.47. The maximum absolute atomic E-state index is 12.3. The first kappa shape index (κ1) is 12.4. The molecule has 0 amide bonds. The van der Waals surface area contributed by atoms with Crippen molar-refractivity contribution >= 4 is 21.4 Å². The first-order valence-corrected chi connectivity index (χ1v) is 8.07. The lowest BCUT2D eigenvalue weighted by Crippen LogP contribution is -2.39. The molecule has 19 heavy (non-hydrogen) atoms. The number of thiophene rings is 1. The number of sulfonamides is 1. The largest absolute Gasteiger partial charge is 0.242 e. The van der Waals surface area contributed by atoms with Crippen molar-refractivity contribution in [3.63, 3.8) is 0 Å². The number of hydrogen-bond acceptors (Lipinski definition) is 3. The quantitative estimate of drug-likeness (QED) is 0.862. The molecule has 3 nitrogen and oxygen atoms in total. The van der Waals surface area contributed by atoms with Crippen LogP contribution in [0, 0.1) is 12.3 Å². The van der Waals surface area contributed by atoms with Crippen LogP contribution in [-0.2, 0) is 15.6 Å². The molecule has 1 atom stereocenters. The third-order valence-corrected chi connectivity index (χ3v) is 5.84. The number of benzene rings is 1. The highest BCUT2D eigenvalue weighted by molar-refractivity contribution is 7.90. The molecule has 1 aromatic heterocycles. The second-order valence-electron chi connectivity index (χ2n) is 4.37. The standard InChI is InChI=1S/C14H11NO2S2/c1-2-9-14(13-8-5-10-18-13)11-6-3-4-7-12(11)19(16,17)15-14/h1,3-8,10,15H,9H2/t14-/m1/s1. The van der Waals surface area contributed by atoms with Gasteiger partial charge in [-0.1, -0.05) is 24.3 Å². The maximum Gasteiger partial charge on any atom is 0.242 e. The van der Waals surface area contributed by atoms with E-state index in [1.165, 1.54) is 11.3 Å². The van der Waals surface area contributed by atoms with Crippen molar-refractivity contribution < 1.29 is 8.42 Å². The van der Waals surface area contributed by atoms with Crippen LogP contribution in [-0.4, -0.2) is 8.42 Å². The molecule has 1 aliphatic rings. The molecule has 0 spiro atoms. The summed E-state index contributed by atoms with van der Waals surface area (Å²) < 4.78 is 27.3. The summed E-state index contributed by atoms with van der Waals surface area (Å²) >= 11 is 1.50. The number of hydrogen-bond donors (Lipinski definition) is 1. The minimum Gasteiger partial charge on any atom is -0.207 e. The van der Waals surface area contributed by atoms with Crippen LogP contribution in [0.4, 0.5) is 0 Å². The minimum atomic E-state index is -3.50. The molecule has 0 fully saturated rings. The molecule has 0 saturated carbocycles. The summed E-state index contributed by atoms with van der Waals surface area (Å²) in [5, 5.41) is 1.92. The van der Waals surface area contributed by atoms with Gasteiger partial charge >= 0.3 is 0 Å². The Bertz CT molecular complexity index is 757. The lowest BCUT2D eigenvalue weighted by atomic mass is 9.86. The Morgan fingerprint density at radius 3 is 2.74 bits per heavy atom. The summed E-state index contributed by atoms with van der Waals surface area (Å²) in [5.41, 5.74) is -0.0892. The highest BCUT2D eigenvalue weighted by Gasteiger charge is 2.47. The molecule has 0 unspecified atom stereocenters. The van der Waals surface area contributed by atoms with E-state index in [2.05, 4.69) is 10.6 Å². The summed E-state index contributed by atoms with van der Waals surface area (Å²) in [6, 6.07) is 10.8. The topological polar surface area (TPSA) is 46.2 Å². The van der Waals surface area contributed by atoms with E-state index in [9.17, 15) is 8.42 Å². The van der Waals surface area contributed by atoms with Crippen molar-refractivity contribution in [1.29, 1.82) is 0 Å². The number of nitrogens with one attached hydrogen (secondary N) is 1. The van der Waals surface area contributed by atoms with Crippen LogP contribution in [0.3, 0.4) is 0 Å². The molecule has 1 N–H and O–H groups in total. The second-order valence-corrected chi connectivity index (χ2v) is 6.96. The van der Waals surface area contributed by atoms with Gasteiger partial charge in [0.05, 0.1) is 4.90 Å². The summed E-state index contributed by atoms with van der Waals surface area (Å²) in [7, 11) is -3.50. The van der Waals surface area contributed by atoms with Gasteiger partial charge in [-0.25, -0.2) is 8.42 Å². The van der Waals surface area contributed by atoms with Crippen molar-refractivity contribution in [2.45, 2.75) is 16.9 Å². The van der Waals surface area contributed by atoms with Gasteiger partial charge < -0.3 is 0 Å². The molecule has 5 heteroatoms. The molecule has 1 aliphatic heterocycles. The highest BCUT2D eigenvalue weighted by Crippen LogP contribution is 2.44. The number of rotatable bonds is 2. The molecule has 3 rings (SSSR count). The third-order valence-electron chi connectivity index (χ3n) is 3.25. The lowest BCUT2D eigenvalue weighted by Gasteiger charge is -2.26. The van der Waals surface area contributed by atoms with Gasteiger partial charge in [0.1, 0.15) is 5.54 Å². The molecular weight excluding hydrogens is 278 g/mol. The van der Waals surface area contributed by atoms with Gasteiger partial charge in [0.2, 0.25) is 10.0 Å². The van der Waals surface area contributed by atoms with E-state index in [4.69, 9.17) is 6.42 Å². The summed E-state index contributed by atoms with van der Waals surface area (Å²) in [4.78, 5) is 1.23. The summed E-state index contributed by atoms with van der Waals surface area (Å²) in [5.74, 6) is 2.60. The minimum absolute atomic E-state index is 0.295. The van der Waals surface area contributed by atoms with Gasteiger partial charge in [0, 0.05) is 11.3 Å². The normalized spacial score (nSPS) is 23.7. The molecule has 0 saturated heterocycles. The van der Waals surface area contributed by atoms with Crippen LogP contribution in [0.2, 0.25) is 0 Å². The molecule has 0 radical (unpaired) electrons. The zero-order valence-electron chi connectivity index (χ0n) is 9.96. The van der Waals surface area contributed by atoms with Gasteiger partial charge in [-0.2, -0.15) is 4.72 Å². The van der Waals surface area contributed by atoms with Gasteiger partial charge in [-0.15, -0.1) is 23.7 Å². The van der Waals surface area contributed by atoms with Crippen molar-refractivity contribution in [2.75, 3.05) is 0 Å². The molecule has 0 aliphatic carbocycles. The predicted molar refractivity (Wildman–Crippen MR) is 75.3 cm³/mol. The predicted octanol–water partition coefficient (Wildman–Crippen LogP) is 2.31. The van der Waals surface area contributed by atoms with E-state index >= 15 is 0 Å². The Hall–Kier alpha value is -1.61. The van der Waals surface area contributed by atoms with Crippen molar-refractivity contribution in [1.82, 2.24) is 4.72 Å². The fraction of sp³-hybridized carbons (Fsp3) is 0.143. The Labute approximate surface area is 116 Å². The SMILES string of the molecule is C#CC[C@@]1(c2cccs2)NS(=O)(=O)c2ccccc21. The van der Waals surface area contributed by atoms with Crippen LogP contribution in [0.1, 0.15) is 16.9 Å². The third kappa shape index (κ3) is 1.72.